The summed E-state index contributed by atoms with van der Waals surface area (Å²) in [7, 11) is 0. The van der Waals surface area contributed by atoms with Crippen molar-refractivity contribution in [2.75, 3.05) is 13.1 Å². The fraction of sp³-hybridized carbons (Fsp3) is 0.553. The molecule has 11 N–H and O–H groups in total. The Balaban J connectivity index is 1.21. The minimum Gasteiger partial charge on any atom is -0.481 e. The molecular formula is C47H66N8O9. The number of carbonyl (C=O) groups is 7. The number of H-pyrrole nitrogens is 1. The highest BCUT2D eigenvalue weighted by atomic mass is 16.4. The molecule has 2 heterocycles. The number of hydrogen-bond acceptors (Lipinski definition) is 9. The number of aromatic nitrogens is 1. The van der Waals surface area contributed by atoms with Gasteiger partial charge in [0.2, 0.25) is 29.5 Å². The van der Waals surface area contributed by atoms with Crippen LogP contribution in [0.5, 0.6) is 0 Å². The van der Waals surface area contributed by atoms with Crippen molar-refractivity contribution >= 4 is 52.4 Å². The molecule has 8 atom stereocenters. The predicted octanol–water partition coefficient (Wildman–Crippen LogP) is 2.67. The standard InChI is InChI=1S/C47H66N8O9/c1-28(2)40(55-42(57)23-33(53-46(63)35-13-6-8-14-37(35)48)21-30-26-50-38-15-9-7-12-34(30)38)25-43(58)54-39-18-19-49-27-36(39)47(64)52-32(20-29-10-4-3-5-11-29)22-41(56)51-31(24-45(61)62)16-17-44(59)60/h3-5,7,9-12,15,26,28,31-33,35-37,39-40,49-50H,6,8,13-14,16-25,27,48H2,1-2H3,(H,51,56)(H,52,64)(H,53,63)(H,54,58)(H,55,57)(H,59,60)(H,61,62)/t31-,32-,33-,35+,36+,37+,39+,40+/m0/s1. The highest BCUT2D eigenvalue weighted by Crippen LogP contribution is 2.25. The number of piperidine rings is 1. The number of carboxylic acid groups (broad SMARTS) is 2. The van der Waals surface area contributed by atoms with Gasteiger partial charge >= 0.3 is 11.9 Å². The molecular weight excluding hydrogens is 821 g/mol. The Morgan fingerprint density at radius 3 is 2.05 bits per heavy atom. The predicted molar refractivity (Wildman–Crippen MR) is 241 cm³/mol. The van der Waals surface area contributed by atoms with E-state index >= 15 is 0 Å². The smallest absolute Gasteiger partial charge is 0.305 e. The number of rotatable bonds is 23. The number of aromatic amines is 1. The van der Waals surface area contributed by atoms with Crippen LogP contribution in [-0.2, 0) is 46.4 Å². The zero-order valence-corrected chi connectivity index (χ0v) is 36.9. The SMILES string of the molecule is CC(C)[C@@H](CC(=O)N[C@@H]1CCNC[C@H]1C(=O)N[C@H](CC(=O)N[C@@H](CCC(=O)O)CC(=O)O)Cc1ccccc1)NC(=O)C[C@H](Cc1c[nH]c2ccccc12)NC(=O)[C@@H]1CCCC[C@H]1N. The summed E-state index contributed by atoms with van der Waals surface area (Å²) < 4.78 is 0. The van der Waals surface area contributed by atoms with E-state index in [1.54, 1.807) is 0 Å². The Hall–Kier alpha value is -5.81. The lowest BCUT2D eigenvalue weighted by Crippen LogP contribution is -2.57. The second kappa shape index (κ2) is 24.3. The molecule has 1 aliphatic carbocycles. The van der Waals surface area contributed by atoms with Crippen molar-refractivity contribution in [1.82, 2.24) is 36.9 Å². The van der Waals surface area contributed by atoms with Gasteiger partial charge in [0, 0.05) is 85.6 Å². The van der Waals surface area contributed by atoms with E-state index < -0.39 is 60.4 Å². The second-order valence-electron chi connectivity index (χ2n) is 17.8. The zero-order valence-electron chi connectivity index (χ0n) is 36.9. The number of carboxylic acids is 2. The lowest BCUT2D eigenvalue weighted by molar-refractivity contribution is -0.140. The number of aliphatic carboxylic acids is 2. The lowest BCUT2D eigenvalue weighted by Gasteiger charge is -2.34. The van der Waals surface area contributed by atoms with Crippen LogP contribution in [0.1, 0.15) is 95.6 Å². The summed E-state index contributed by atoms with van der Waals surface area (Å²) in [6.07, 6.45) is 5.31. The van der Waals surface area contributed by atoms with Crippen LogP contribution in [0.3, 0.4) is 0 Å². The van der Waals surface area contributed by atoms with Crippen LogP contribution in [0.2, 0.25) is 0 Å². The maximum atomic E-state index is 14.0. The van der Waals surface area contributed by atoms with E-state index in [0.29, 0.717) is 25.8 Å². The highest BCUT2D eigenvalue weighted by molar-refractivity contribution is 5.86. The van der Waals surface area contributed by atoms with Crippen molar-refractivity contribution in [3.63, 3.8) is 0 Å². The van der Waals surface area contributed by atoms with Crippen molar-refractivity contribution in [2.45, 2.75) is 134 Å². The third-order valence-corrected chi connectivity index (χ3v) is 12.4. The van der Waals surface area contributed by atoms with E-state index in [-0.39, 0.29) is 86.6 Å². The summed E-state index contributed by atoms with van der Waals surface area (Å²) in [5.41, 5.74) is 9.13. The Bertz CT molecular complexity index is 2060. The minimum atomic E-state index is -1.18. The van der Waals surface area contributed by atoms with E-state index in [2.05, 4.69) is 36.9 Å². The molecule has 0 unspecified atom stereocenters. The van der Waals surface area contributed by atoms with E-state index in [1.807, 2.05) is 74.6 Å². The maximum absolute atomic E-state index is 14.0. The lowest BCUT2D eigenvalue weighted by atomic mass is 9.84. The molecule has 5 rings (SSSR count). The van der Waals surface area contributed by atoms with Gasteiger partial charge in [-0.05, 0) is 68.2 Å². The van der Waals surface area contributed by atoms with E-state index in [4.69, 9.17) is 10.8 Å². The number of fused-ring (bicyclic) bond motifs is 1. The molecule has 2 fully saturated rings. The van der Waals surface area contributed by atoms with Crippen LogP contribution in [0, 0.1) is 17.8 Å². The van der Waals surface area contributed by atoms with Gasteiger partial charge in [-0.25, -0.2) is 0 Å². The first-order valence-electron chi connectivity index (χ1n) is 22.6. The molecule has 1 saturated carbocycles. The molecule has 17 nitrogen and oxygen atoms in total. The molecule has 5 amide bonds. The van der Waals surface area contributed by atoms with Gasteiger partial charge < -0.3 is 52.8 Å². The summed E-state index contributed by atoms with van der Waals surface area (Å²) in [6.45, 7) is 4.63. The Morgan fingerprint density at radius 1 is 0.703 bits per heavy atom. The van der Waals surface area contributed by atoms with Gasteiger partial charge in [-0.1, -0.05) is 75.2 Å². The number of para-hydroxylation sites is 1. The van der Waals surface area contributed by atoms with Gasteiger partial charge in [0.25, 0.3) is 0 Å². The molecule has 3 aromatic rings. The van der Waals surface area contributed by atoms with Crippen LogP contribution < -0.4 is 37.6 Å². The number of hydrogen-bond donors (Lipinski definition) is 10. The third kappa shape index (κ3) is 15.5. The Morgan fingerprint density at radius 2 is 1.36 bits per heavy atom. The molecule has 1 aliphatic heterocycles. The normalized spacial score (nSPS) is 20.6. The van der Waals surface area contributed by atoms with Crippen LogP contribution in [0.25, 0.3) is 10.9 Å². The zero-order chi connectivity index (χ0) is 46.2. The summed E-state index contributed by atoms with van der Waals surface area (Å²) in [5, 5.41) is 37.6. The van der Waals surface area contributed by atoms with Gasteiger partial charge in [0.1, 0.15) is 0 Å². The van der Waals surface area contributed by atoms with Crippen molar-refractivity contribution in [3.8, 4) is 0 Å². The molecule has 0 bridgehead atoms. The summed E-state index contributed by atoms with van der Waals surface area (Å²) in [5.74, 6) is -5.19. The quantitative estimate of drug-likeness (QED) is 0.0661. The Labute approximate surface area is 374 Å². The van der Waals surface area contributed by atoms with E-state index in [0.717, 1.165) is 41.3 Å². The average molecular weight is 887 g/mol. The molecule has 2 aromatic carbocycles. The van der Waals surface area contributed by atoms with E-state index in [1.165, 1.54) is 0 Å². The van der Waals surface area contributed by atoms with E-state index in [9.17, 15) is 38.7 Å². The molecule has 348 valence electrons. The number of nitrogens with two attached hydrogens (primary N) is 1. The average Bonchev–Trinajstić information content (AvgIpc) is 3.65. The fourth-order valence-electron chi connectivity index (χ4n) is 8.87. The molecule has 64 heavy (non-hydrogen) atoms. The summed E-state index contributed by atoms with van der Waals surface area (Å²) >= 11 is 0. The molecule has 17 heteroatoms. The van der Waals surface area contributed by atoms with Gasteiger partial charge in [0.05, 0.1) is 18.3 Å². The van der Waals surface area contributed by atoms with Gasteiger partial charge in [0.15, 0.2) is 0 Å². The number of nitrogens with one attached hydrogen (secondary N) is 7. The monoisotopic (exact) mass is 886 g/mol. The van der Waals surface area contributed by atoms with Crippen LogP contribution in [0.4, 0.5) is 0 Å². The van der Waals surface area contributed by atoms with Crippen LogP contribution >= 0.6 is 0 Å². The van der Waals surface area contributed by atoms with Gasteiger partial charge in [-0.2, -0.15) is 0 Å². The fourth-order valence-corrected chi connectivity index (χ4v) is 8.87. The number of benzene rings is 2. The molecule has 0 radical (unpaired) electrons. The summed E-state index contributed by atoms with van der Waals surface area (Å²) in [6, 6.07) is 13.6. The molecule has 2 aliphatic rings. The van der Waals surface area contributed by atoms with Gasteiger partial charge in [-0.3, -0.25) is 33.6 Å². The second-order valence-corrected chi connectivity index (χ2v) is 17.8. The van der Waals surface area contributed by atoms with Crippen LogP contribution in [-0.4, -0.2) is 106 Å². The first-order valence-corrected chi connectivity index (χ1v) is 22.6. The summed E-state index contributed by atoms with van der Waals surface area (Å²) in [4.78, 5) is 94.3. The molecule has 0 spiro atoms. The first kappa shape index (κ1) is 49.2. The van der Waals surface area contributed by atoms with Gasteiger partial charge in [-0.15, -0.1) is 0 Å². The van der Waals surface area contributed by atoms with Crippen molar-refractivity contribution in [3.05, 3.63) is 71.9 Å². The van der Waals surface area contributed by atoms with Crippen molar-refractivity contribution in [2.24, 2.45) is 23.5 Å². The van der Waals surface area contributed by atoms with Crippen LogP contribution in [0.15, 0.2) is 60.8 Å². The topological polar surface area (TPSA) is 274 Å². The van der Waals surface area contributed by atoms with Crippen molar-refractivity contribution < 1.29 is 43.8 Å². The molecule has 1 aromatic heterocycles. The molecule has 1 saturated heterocycles. The largest absolute Gasteiger partial charge is 0.481 e. The minimum absolute atomic E-state index is 0.0146. The first-order chi connectivity index (χ1) is 30.6. The Kier molecular flexibility index (Phi) is 18.7. The number of amides is 5. The van der Waals surface area contributed by atoms with Crippen molar-refractivity contribution in [1.29, 1.82) is 0 Å². The maximum Gasteiger partial charge on any atom is 0.305 e. The highest BCUT2D eigenvalue weighted by Gasteiger charge is 2.35. The number of carbonyl (C=O) groups excluding carboxylic acids is 5. The third-order valence-electron chi connectivity index (χ3n) is 12.4.